The van der Waals surface area contributed by atoms with Crippen LogP contribution in [0.2, 0.25) is 0 Å². The van der Waals surface area contributed by atoms with E-state index in [0.29, 0.717) is 5.25 Å². The number of nitrogens with one attached hydrogen (secondary N) is 1. The van der Waals surface area contributed by atoms with Crippen molar-refractivity contribution in [1.29, 1.82) is 0 Å². The molecule has 1 aromatic heterocycles. The maximum Gasteiger partial charge on any atom is 0.0571 e. The van der Waals surface area contributed by atoms with E-state index in [-0.39, 0.29) is 6.04 Å². The van der Waals surface area contributed by atoms with Crippen molar-refractivity contribution in [2.24, 2.45) is 5.84 Å². The van der Waals surface area contributed by atoms with Crippen LogP contribution in [-0.4, -0.2) is 16.0 Å². The number of nitrogens with two attached hydrogens (primary N) is 1. The molecular weight excluding hydrogens is 242 g/mol. The number of thioether (sulfide) groups is 1. The highest BCUT2D eigenvalue weighted by atomic mass is 32.2. The quantitative estimate of drug-likeness (QED) is 0.642. The van der Waals surface area contributed by atoms with Crippen LogP contribution in [0.5, 0.6) is 0 Å². The Morgan fingerprint density at radius 3 is 2.78 bits per heavy atom. The van der Waals surface area contributed by atoms with Gasteiger partial charge in [-0.05, 0) is 16.2 Å². The molecule has 0 aliphatic rings. The number of nitrogens with zero attached hydrogens (tertiary/aromatic N) is 1. The van der Waals surface area contributed by atoms with Crippen molar-refractivity contribution in [2.45, 2.75) is 25.1 Å². The lowest BCUT2D eigenvalue weighted by atomic mass is 10.0. The SMILES string of the molecule is CC(C)SCC(NN)c1cncc2ccccc12. The van der Waals surface area contributed by atoms with E-state index in [1.54, 1.807) is 0 Å². The molecule has 0 bridgehead atoms. The molecule has 1 atom stereocenters. The number of aromatic nitrogens is 1. The fourth-order valence-electron chi connectivity index (χ4n) is 1.93. The Morgan fingerprint density at radius 2 is 2.06 bits per heavy atom. The Balaban J connectivity index is 2.32. The van der Waals surface area contributed by atoms with E-state index in [9.17, 15) is 0 Å². The van der Waals surface area contributed by atoms with Crippen molar-refractivity contribution >= 4 is 22.5 Å². The number of pyridine rings is 1. The second-order valence-corrected chi connectivity index (χ2v) is 6.16. The van der Waals surface area contributed by atoms with E-state index < -0.39 is 0 Å². The summed E-state index contributed by atoms with van der Waals surface area (Å²) in [6.45, 7) is 4.39. The van der Waals surface area contributed by atoms with E-state index >= 15 is 0 Å². The first-order valence-electron chi connectivity index (χ1n) is 6.12. The lowest BCUT2D eigenvalue weighted by Crippen LogP contribution is -2.30. The first kappa shape index (κ1) is 13.3. The van der Waals surface area contributed by atoms with Gasteiger partial charge in [-0.25, -0.2) is 0 Å². The molecule has 0 amide bonds. The highest BCUT2D eigenvalue weighted by Crippen LogP contribution is 2.26. The summed E-state index contributed by atoms with van der Waals surface area (Å²) < 4.78 is 0. The lowest BCUT2D eigenvalue weighted by molar-refractivity contribution is 0.612. The molecule has 2 aromatic rings. The second kappa shape index (κ2) is 6.18. The molecule has 0 aliphatic heterocycles. The first-order chi connectivity index (χ1) is 8.72. The van der Waals surface area contributed by atoms with Gasteiger partial charge in [0.2, 0.25) is 0 Å². The van der Waals surface area contributed by atoms with Crippen LogP contribution in [0.1, 0.15) is 25.5 Å². The van der Waals surface area contributed by atoms with Gasteiger partial charge >= 0.3 is 0 Å². The van der Waals surface area contributed by atoms with Crippen molar-refractivity contribution in [3.8, 4) is 0 Å². The number of hydrogen-bond donors (Lipinski definition) is 2. The van der Waals surface area contributed by atoms with E-state index in [0.717, 1.165) is 11.1 Å². The molecule has 3 N–H and O–H groups in total. The molecule has 96 valence electrons. The molecule has 0 spiro atoms. The third-order valence-corrected chi connectivity index (χ3v) is 4.06. The number of rotatable bonds is 5. The van der Waals surface area contributed by atoms with Crippen molar-refractivity contribution in [2.75, 3.05) is 5.75 Å². The lowest BCUT2D eigenvalue weighted by Gasteiger charge is -2.18. The Morgan fingerprint density at radius 1 is 1.28 bits per heavy atom. The fraction of sp³-hybridized carbons (Fsp3) is 0.357. The van der Waals surface area contributed by atoms with Gasteiger partial charge in [0.15, 0.2) is 0 Å². The van der Waals surface area contributed by atoms with Gasteiger partial charge in [0.05, 0.1) is 6.04 Å². The summed E-state index contributed by atoms with van der Waals surface area (Å²) in [5.74, 6) is 6.64. The zero-order valence-corrected chi connectivity index (χ0v) is 11.6. The molecule has 18 heavy (non-hydrogen) atoms. The van der Waals surface area contributed by atoms with Crippen molar-refractivity contribution in [3.63, 3.8) is 0 Å². The molecule has 0 fully saturated rings. The van der Waals surface area contributed by atoms with Crippen LogP contribution >= 0.6 is 11.8 Å². The molecule has 0 radical (unpaired) electrons. The van der Waals surface area contributed by atoms with Crippen LogP contribution in [0.25, 0.3) is 10.8 Å². The Hall–Kier alpha value is -1.10. The van der Waals surface area contributed by atoms with E-state index in [2.05, 4.69) is 42.5 Å². The molecule has 0 saturated carbocycles. The first-order valence-corrected chi connectivity index (χ1v) is 7.17. The predicted octanol–water partition coefficient (Wildman–Crippen LogP) is 2.88. The minimum absolute atomic E-state index is 0.135. The second-order valence-electron chi connectivity index (χ2n) is 4.55. The molecule has 1 aromatic carbocycles. The van der Waals surface area contributed by atoms with Gasteiger partial charge in [-0.2, -0.15) is 11.8 Å². The summed E-state index contributed by atoms with van der Waals surface area (Å²) in [5.41, 5.74) is 4.08. The molecule has 4 heteroatoms. The third-order valence-electron chi connectivity index (χ3n) is 2.87. The molecule has 0 saturated heterocycles. The topological polar surface area (TPSA) is 50.9 Å². The molecular formula is C14H19N3S. The molecule has 1 heterocycles. The fourth-order valence-corrected chi connectivity index (χ4v) is 2.79. The zero-order valence-electron chi connectivity index (χ0n) is 10.8. The number of fused-ring (bicyclic) bond motifs is 1. The van der Waals surface area contributed by atoms with Gasteiger partial charge in [0.1, 0.15) is 0 Å². The highest BCUT2D eigenvalue weighted by Gasteiger charge is 2.13. The molecule has 3 nitrogen and oxygen atoms in total. The maximum atomic E-state index is 5.69. The number of hydrogen-bond acceptors (Lipinski definition) is 4. The normalized spacial score (nSPS) is 13.1. The zero-order chi connectivity index (χ0) is 13.0. The largest absolute Gasteiger partial charge is 0.271 e. The molecule has 0 aliphatic carbocycles. The van der Waals surface area contributed by atoms with Crippen LogP contribution in [-0.2, 0) is 0 Å². The van der Waals surface area contributed by atoms with Crippen LogP contribution in [0.15, 0.2) is 36.7 Å². The van der Waals surface area contributed by atoms with Crippen LogP contribution in [0, 0.1) is 0 Å². The summed E-state index contributed by atoms with van der Waals surface area (Å²) in [7, 11) is 0. The van der Waals surface area contributed by atoms with Crippen LogP contribution < -0.4 is 11.3 Å². The minimum Gasteiger partial charge on any atom is -0.271 e. The van der Waals surface area contributed by atoms with Gasteiger partial charge in [-0.15, -0.1) is 0 Å². The van der Waals surface area contributed by atoms with Crippen molar-refractivity contribution in [1.82, 2.24) is 10.4 Å². The van der Waals surface area contributed by atoms with Crippen molar-refractivity contribution in [3.05, 3.63) is 42.2 Å². The van der Waals surface area contributed by atoms with Gasteiger partial charge in [0, 0.05) is 23.5 Å². The minimum atomic E-state index is 0.135. The van der Waals surface area contributed by atoms with Gasteiger partial charge < -0.3 is 0 Å². The van der Waals surface area contributed by atoms with Gasteiger partial charge in [-0.1, -0.05) is 38.1 Å². The summed E-state index contributed by atoms with van der Waals surface area (Å²) in [6.07, 6.45) is 3.80. The third kappa shape index (κ3) is 3.02. The summed E-state index contributed by atoms with van der Waals surface area (Å²) in [5, 5.41) is 2.98. The van der Waals surface area contributed by atoms with Crippen LogP contribution in [0.4, 0.5) is 0 Å². The summed E-state index contributed by atoms with van der Waals surface area (Å²) >= 11 is 1.90. The summed E-state index contributed by atoms with van der Waals surface area (Å²) in [6, 6.07) is 8.42. The molecule has 2 rings (SSSR count). The average Bonchev–Trinajstić information content (AvgIpc) is 2.39. The number of benzene rings is 1. The van der Waals surface area contributed by atoms with E-state index in [1.807, 2.05) is 30.2 Å². The van der Waals surface area contributed by atoms with Crippen molar-refractivity contribution < 1.29 is 0 Å². The Bertz CT molecular complexity index is 508. The Kier molecular flexibility index (Phi) is 4.58. The smallest absolute Gasteiger partial charge is 0.0571 e. The van der Waals surface area contributed by atoms with Gasteiger partial charge in [-0.3, -0.25) is 16.3 Å². The predicted molar refractivity (Wildman–Crippen MR) is 79.4 cm³/mol. The Labute approximate surface area is 112 Å². The number of hydrazine groups is 1. The average molecular weight is 261 g/mol. The molecule has 1 unspecified atom stereocenters. The van der Waals surface area contributed by atoms with Crippen LogP contribution in [0.3, 0.4) is 0 Å². The standard InChI is InChI=1S/C14H19N3S/c1-10(2)18-9-14(17-15)13-8-16-7-11-5-3-4-6-12(11)13/h3-8,10,14,17H,9,15H2,1-2H3. The summed E-state index contributed by atoms with van der Waals surface area (Å²) in [4.78, 5) is 4.30. The maximum absolute atomic E-state index is 5.69. The highest BCUT2D eigenvalue weighted by molar-refractivity contribution is 7.99. The van der Waals surface area contributed by atoms with E-state index in [4.69, 9.17) is 5.84 Å². The van der Waals surface area contributed by atoms with Gasteiger partial charge in [0.25, 0.3) is 0 Å². The van der Waals surface area contributed by atoms with E-state index in [1.165, 1.54) is 10.9 Å². The monoisotopic (exact) mass is 261 g/mol.